The lowest BCUT2D eigenvalue weighted by atomic mass is 10.1. The number of piperidine rings is 1. The molecule has 2 amide bonds. The van der Waals surface area contributed by atoms with Crippen molar-refractivity contribution in [3.63, 3.8) is 0 Å². The molecule has 3 heterocycles. The van der Waals surface area contributed by atoms with Crippen molar-refractivity contribution < 1.29 is 23.8 Å². The number of hydrogen-bond donors (Lipinski definition) is 1. The molecule has 1 saturated heterocycles. The van der Waals surface area contributed by atoms with Gasteiger partial charge in [0.25, 0.3) is 5.91 Å². The van der Waals surface area contributed by atoms with E-state index in [4.69, 9.17) is 19.2 Å². The third-order valence-electron chi connectivity index (χ3n) is 5.88. The Balaban J connectivity index is 1.74. The van der Waals surface area contributed by atoms with Crippen LogP contribution in [0.1, 0.15) is 64.7 Å². The van der Waals surface area contributed by atoms with Crippen LogP contribution in [0.15, 0.2) is 12.4 Å². The molecule has 38 heavy (non-hydrogen) atoms. The van der Waals surface area contributed by atoms with Gasteiger partial charge in [-0.1, -0.05) is 19.6 Å². The highest BCUT2D eigenvalue weighted by Crippen LogP contribution is 2.24. The summed E-state index contributed by atoms with van der Waals surface area (Å²) in [7, 11) is -1.21. The molecule has 1 aliphatic heterocycles. The van der Waals surface area contributed by atoms with Crippen molar-refractivity contribution in [1.82, 2.24) is 24.8 Å². The van der Waals surface area contributed by atoms with Crippen LogP contribution in [0.4, 0.5) is 4.79 Å². The molecule has 2 aromatic rings. The fourth-order valence-electron chi connectivity index (χ4n) is 3.96. The first-order chi connectivity index (χ1) is 17.5. The second-order valence-electron chi connectivity index (χ2n) is 13.2. The Morgan fingerprint density at radius 2 is 1.76 bits per heavy atom. The predicted octanol–water partition coefficient (Wildman–Crippen LogP) is 5.05. The van der Waals surface area contributed by atoms with Crippen molar-refractivity contribution in [2.24, 2.45) is 0 Å². The number of aromatic nitrogens is 3. The third-order valence-corrected chi connectivity index (χ3v) is 7.59. The number of likely N-dealkylation sites (tertiary alicyclic amines) is 1. The maximum Gasteiger partial charge on any atom is 0.410 e. The smallest absolute Gasteiger partial charge is 0.410 e. The summed E-state index contributed by atoms with van der Waals surface area (Å²) in [5.41, 5.74) is 0.556. The van der Waals surface area contributed by atoms with Gasteiger partial charge in [0.05, 0.1) is 11.8 Å². The number of hydrogen-bond acceptors (Lipinski definition) is 7. The molecule has 0 bridgehead atoms. The summed E-state index contributed by atoms with van der Waals surface area (Å²) in [6.45, 7) is 20.4. The Kier molecular flexibility index (Phi) is 9.13. The molecule has 2 aromatic heterocycles. The minimum atomic E-state index is -1.21. The Labute approximate surface area is 227 Å². The minimum Gasteiger partial charge on any atom is -0.473 e. The molecule has 1 fully saturated rings. The van der Waals surface area contributed by atoms with Gasteiger partial charge >= 0.3 is 6.09 Å². The average molecular weight is 548 g/mol. The van der Waals surface area contributed by atoms with Crippen molar-refractivity contribution in [3.8, 4) is 5.88 Å². The van der Waals surface area contributed by atoms with Crippen molar-refractivity contribution in [2.45, 2.75) is 104 Å². The number of carbonyl (C=O) groups excluding carboxylic acids is 2. The highest BCUT2D eigenvalue weighted by molar-refractivity contribution is 6.76. The van der Waals surface area contributed by atoms with Gasteiger partial charge in [-0.2, -0.15) is 0 Å². The summed E-state index contributed by atoms with van der Waals surface area (Å²) in [6.07, 6.45) is 4.24. The van der Waals surface area contributed by atoms with Crippen LogP contribution in [0.2, 0.25) is 25.7 Å². The van der Waals surface area contributed by atoms with Crippen LogP contribution < -0.4 is 10.1 Å². The summed E-state index contributed by atoms with van der Waals surface area (Å²) >= 11 is 0. The molecular weight excluding hydrogens is 502 g/mol. The molecule has 0 unspecified atom stereocenters. The number of nitrogens with one attached hydrogen (secondary N) is 1. The Morgan fingerprint density at radius 3 is 2.34 bits per heavy atom. The van der Waals surface area contributed by atoms with E-state index in [-0.39, 0.29) is 18.1 Å². The molecular formula is C27H45N5O5Si. The fourth-order valence-corrected chi connectivity index (χ4v) is 4.72. The average Bonchev–Trinajstić information content (AvgIpc) is 3.12. The van der Waals surface area contributed by atoms with E-state index in [0.29, 0.717) is 61.9 Å². The van der Waals surface area contributed by atoms with Crippen LogP contribution in [0, 0.1) is 0 Å². The number of fused-ring (bicyclic) bond motifs is 1. The van der Waals surface area contributed by atoms with Gasteiger partial charge < -0.3 is 29.0 Å². The maximum absolute atomic E-state index is 13.1. The molecule has 0 saturated carbocycles. The first-order valence-electron chi connectivity index (χ1n) is 13.4. The van der Waals surface area contributed by atoms with Crippen LogP contribution >= 0.6 is 0 Å². The number of nitrogens with zero attached hydrogens (tertiary/aromatic N) is 4. The van der Waals surface area contributed by atoms with Gasteiger partial charge in [0.2, 0.25) is 5.88 Å². The molecule has 0 atom stereocenters. The number of rotatable bonds is 8. The van der Waals surface area contributed by atoms with Gasteiger partial charge in [-0.25, -0.2) is 14.8 Å². The van der Waals surface area contributed by atoms with E-state index < -0.39 is 19.2 Å². The van der Waals surface area contributed by atoms with Gasteiger partial charge in [0.15, 0.2) is 5.65 Å². The van der Waals surface area contributed by atoms with Crippen LogP contribution in [0.5, 0.6) is 5.88 Å². The van der Waals surface area contributed by atoms with Crippen LogP contribution in [-0.2, 0) is 16.2 Å². The van der Waals surface area contributed by atoms with E-state index in [1.807, 2.05) is 46.1 Å². The highest BCUT2D eigenvalue weighted by atomic mass is 28.3. The molecule has 0 aliphatic carbocycles. The topological polar surface area (TPSA) is 108 Å². The Hall–Kier alpha value is -2.66. The lowest BCUT2D eigenvalue weighted by Crippen LogP contribution is -2.44. The van der Waals surface area contributed by atoms with Crippen LogP contribution in [-0.4, -0.2) is 76.4 Å². The summed E-state index contributed by atoms with van der Waals surface area (Å²) in [6, 6.07) is 1.06. The zero-order valence-electron chi connectivity index (χ0n) is 24.5. The quantitative estimate of drug-likeness (QED) is 0.364. The molecule has 212 valence electrons. The van der Waals surface area contributed by atoms with Gasteiger partial charge in [-0.3, -0.25) is 4.79 Å². The number of amides is 2. The first-order valence-corrected chi connectivity index (χ1v) is 17.1. The molecule has 1 aliphatic rings. The van der Waals surface area contributed by atoms with E-state index in [1.165, 1.54) is 0 Å². The number of carbonyl (C=O) groups is 2. The maximum atomic E-state index is 13.1. The Morgan fingerprint density at radius 1 is 1.11 bits per heavy atom. The second-order valence-corrected chi connectivity index (χ2v) is 18.9. The number of ether oxygens (including phenoxy) is 3. The zero-order valence-corrected chi connectivity index (χ0v) is 25.5. The lowest BCUT2D eigenvalue weighted by molar-refractivity contribution is 0.0123. The third kappa shape index (κ3) is 8.97. The van der Waals surface area contributed by atoms with Crippen molar-refractivity contribution in [1.29, 1.82) is 0 Å². The largest absolute Gasteiger partial charge is 0.473 e. The molecule has 0 radical (unpaired) electrons. The summed E-state index contributed by atoms with van der Waals surface area (Å²) in [4.78, 5) is 36.5. The monoisotopic (exact) mass is 547 g/mol. The summed E-state index contributed by atoms with van der Waals surface area (Å²) in [5.74, 6) is 0.135. The van der Waals surface area contributed by atoms with Gasteiger partial charge in [-0.15, -0.1) is 0 Å². The van der Waals surface area contributed by atoms with E-state index in [0.717, 1.165) is 6.04 Å². The lowest BCUT2D eigenvalue weighted by Gasteiger charge is -2.33. The fraction of sp³-hybridized carbons (Fsp3) is 0.704. The first kappa shape index (κ1) is 29.9. The van der Waals surface area contributed by atoms with E-state index in [9.17, 15) is 9.59 Å². The highest BCUT2D eigenvalue weighted by Gasteiger charge is 2.28. The molecule has 0 spiro atoms. The van der Waals surface area contributed by atoms with Crippen LogP contribution in [0.3, 0.4) is 0 Å². The Bertz CT molecular complexity index is 1120. The molecule has 11 heteroatoms. The van der Waals surface area contributed by atoms with Crippen molar-refractivity contribution in [3.05, 3.63) is 18.0 Å². The molecule has 3 rings (SSSR count). The van der Waals surface area contributed by atoms with E-state index in [2.05, 4.69) is 29.9 Å². The standard InChI is InChI=1S/C27H45N5O5Si/c1-26(2,3)30-24(33)20-17-32(18-35-14-15-38(7,8)9)23-22(20)29-21(16-28-23)36-19-10-12-31(13-11-19)25(34)37-27(4,5)6/h16-17,19H,10-15,18H2,1-9H3,(H,30,33). The molecule has 10 nitrogen and oxygen atoms in total. The predicted molar refractivity (Wildman–Crippen MR) is 150 cm³/mol. The molecule has 0 aromatic carbocycles. The zero-order chi connectivity index (χ0) is 28.3. The van der Waals surface area contributed by atoms with Gasteiger partial charge in [-0.05, 0) is 47.6 Å². The second kappa shape index (κ2) is 11.6. The van der Waals surface area contributed by atoms with Crippen molar-refractivity contribution >= 4 is 31.2 Å². The minimum absolute atomic E-state index is 0.112. The van der Waals surface area contributed by atoms with E-state index in [1.54, 1.807) is 17.3 Å². The summed E-state index contributed by atoms with van der Waals surface area (Å²) < 4.78 is 19.4. The SMILES string of the molecule is CC(C)(C)NC(=O)c1cn(COCC[Si](C)(C)C)c2ncc(OC3CCN(C(=O)OC(C)(C)C)CC3)nc12. The van der Waals surface area contributed by atoms with E-state index >= 15 is 0 Å². The summed E-state index contributed by atoms with van der Waals surface area (Å²) in [5, 5.41) is 3.01. The van der Waals surface area contributed by atoms with Crippen molar-refractivity contribution in [2.75, 3.05) is 19.7 Å². The van der Waals surface area contributed by atoms with Crippen LogP contribution in [0.25, 0.3) is 11.2 Å². The van der Waals surface area contributed by atoms with Gasteiger partial charge in [0, 0.05) is 52.3 Å². The van der Waals surface area contributed by atoms with Gasteiger partial charge in [0.1, 0.15) is 24.0 Å². The molecule has 1 N–H and O–H groups in total. The normalized spacial score (nSPS) is 15.6.